The molecule has 3 N–H and O–H groups in total. The van der Waals surface area contributed by atoms with E-state index in [1.54, 1.807) is 12.4 Å². The van der Waals surface area contributed by atoms with E-state index in [1.165, 1.54) is 12.4 Å². The van der Waals surface area contributed by atoms with Gasteiger partial charge in [-0.2, -0.15) is 0 Å². The molecule has 20 heavy (non-hydrogen) atoms. The highest BCUT2D eigenvalue weighted by atomic mass is 16.4. The number of hydrogen-bond acceptors (Lipinski definition) is 5. The predicted octanol–water partition coefficient (Wildman–Crippen LogP) is 1.17. The van der Waals surface area contributed by atoms with E-state index in [4.69, 9.17) is 10.8 Å². The summed E-state index contributed by atoms with van der Waals surface area (Å²) in [4.78, 5) is 22.9. The van der Waals surface area contributed by atoms with Crippen LogP contribution in [-0.4, -0.2) is 30.6 Å². The maximum Gasteiger partial charge on any atom is 0.327 e. The summed E-state index contributed by atoms with van der Waals surface area (Å²) in [5.74, 6) is -0.471. The van der Waals surface area contributed by atoms with Crippen LogP contribution < -0.4 is 5.73 Å². The second kappa shape index (κ2) is 4.76. The lowest BCUT2D eigenvalue weighted by Crippen LogP contribution is -2.05. The van der Waals surface area contributed by atoms with Gasteiger partial charge in [0.25, 0.3) is 0 Å². The van der Waals surface area contributed by atoms with E-state index >= 15 is 0 Å². The molecule has 0 amide bonds. The number of imidazole rings is 1. The van der Waals surface area contributed by atoms with Gasteiger partial charge in [-0.05, 0) is 12.3 Å². The molecule has 7 heteroatoms. The molecule has 1 aliphatic rings. The molecule has 2 heterocycles. The van der Waals surface area contributed by atoms with E-state index in [1.807, 2.05) is 16.7 Å². The molecule has 1 aliphatic carbocycles. The molecule has 2 atom stereocenters. The summed E-state index contributed by atoms with van der Waals surface area (Å²) in [6, 6.07) is 0.0951. The number of fused-ring (bicyclic) bond motifs is 1. The summed E-state index contributed by atoms with van der Waals surface area (Å²) < 4.78 is 1.93. The first-order valence-corrected chi connectivity index (χ1v) is 6.17. The molecule has 0 aromatic carbocycles. The van der Waals surface area contributed by atoms with Gasteiger partial charge >= 0.3 is 5.97 Å². The van der Waals surface area contributed by atoms with Crippen LogP contribution in [0, 0.1) is 5.92 Å². The number of rotatable bonds is 3. The molecular formula is C13H13N5O2. The summed E-state index contributed by atoms with van der Waals surface area (Å²) in [5, 5.41) is 8.64. The van der Waals surface area contributed by atoms with Crippen LogP contribution in [0.2, 0.25) is 0 Å². The lowest BCUT2D eigenvalue weighted by atomic mass is 10.1. The maximum atomic E-state index is 10.5. The van der Waals surface area contributed by atoms with Crippen LogP contribution in [0.5, 0.6) is 0 Å². The monoisotopic (exact) mass is 271 g/mol. The van der Waals surface area contributed by atoms with E-state index in [0.717, 1.165) is 6.42 Å². The molecule has 0 unspecified atom stereocenters. The third kappa shape index (κ3) is 2.13. The fraction of sp³-hybridized carbons (Fsp3) is 0.231. The maximum absolute atomic E-state index is 10.5. The standard InChI is InChI=1S/C13H13N5O2/c14-12-11-13(16-6-15-12)18(7-17-11)9-3-1-8(5-9)2-4-10(19)20/h1-4,6-9H,5H2,(H,19,20)(H2,14,15,16)/b4-2+/t8-,9+/m1/s1. The topological polar surface area (TPSA) is 107 Å². The molecule has 102 valence electrons. The zero-order valence-electron chi connectivity index (χ0n) is 10.5. The number of aliphatic carboxylic acids is 1. The number of aromatic nitrogens is 4. The Balaban J connectivity index is 1.86. The molecule has 0 saturated carbocycles. The molecule has 0 aliphatic heterocycles. The van der Waals surface area contributed by atoms with Gasteiger partial charge < -0.3 is 15.4 Å². The summed E-state index contributed by atoms with van der Waals surface area (Å²) in [6.45, 7) is 0. The molecule has 7 nitrogen and oxygen atoms in total. The number of hydrogen-bond donors (Lipinski definition) is 2. The van der Waals surface area contributed by atoms with Gasteiger partial charge in [-0.3, -0.25) is 0 Å². The average Bonchev–Trinajstić information content (AvgIpc) is 3.02. The first-order valence-electron chi connectivity index (χ1n) is 6.17. The van der Waals surface area contributed by atoms with Crippen LogP contribution in [0.25, 0.3) is 11.2 Å². The minimum absolute atomic E-state index is 0.0951. The first kappa shape index (κ1) is 12.3. The van der Waals surface area contributed by atoms with E-state index in [9.17, 15) is 4.79 Å². The van der Waals surface area contributed by atoms with E-state index in [2.05, 4.69) is 15.0 Å². The normalized spacial score (nSPS) is 22.0. The number of carboxylic acid groups (broad SMARTS) is 1. The Bertz CT molecular complexity index is 719. The third-order valence-corrected chi connectivity index (χ3v) is 3.32. The van der Waals surface area contributed by atoms with Crippen molar-refractivity contribution in [2.24, 2.45) is 5.92 Å². The van der Waals surface area contributed by atoms with E-state index in [0.29, 0.717) is 17.0 Å². The van der Waals surface area contributed by atoms with Crippen molar-refractivity contribution in [2.45, 2.75) is 12.5 Å². The summed E-state index contributed by atoms with van der Waals surface area (Å²) in [6.07, 6.45) is 10.7. The average molecular weight is 271 g/mol. The largest absolute Gasteiger partial charge is 0.478 e. The lowest BCUT2D eigenvalue weighted by molar-refractivity contribution is -0.131. The quantitative estimate of drug-likeness (QED) is 0.641. The molecule has 0 bridgehead atoms. The smallest absolute Gasteiger partial charge is 0.327 e. The highest BCUT2D eigenvalue weighted by Crippen LogP contribution is 2.31. The van der Waals surface area contributed by atoms with Gasteiger partial charge in [-0.15, -0.1) is 0 Å². The lowest BCUT2D eigenvalue weighted by Gasteiger charge is -2.11. The molecule has 0 saturated heterocycles. The van der Waals surface area contributed by atoms with Crippen LogP contribution in [0.4, 0.5) is 5.82 Å². The van der Waals surface area contributed by atoms with Crippen LogP contribution in [0.1, 0.15) is 12.5 Å². The molecule has 0 fully saturated rings. The number of nitrogen functional groups attached to an aromatic ring is 1. The number of anilines is 1. The molecule has 0 radical (unpaired) electrons. The van der Waals surface area contributed by atoms with Gasteiger partial charge in [-0.1, -0.05) is 18.2 Å². The summed E-state index contributed by atoms with van der Waals surface area (Å²) >= 11 is 0. The van der Waals surface area contributed by atoms with Crippen LogP contribution in [-0.2, 0) is 4.79 Å². The number of allylic oxidation sites excluding steroid dienone is 3. The third-order valence-electron chi connectivity index (χ3n) is 3.32. The predicted molar refractivity (Wildman–Crippen MR) is 72.8 cm³/mol. The Hall–Kier alpha value is -2.70. The summed E-state index contributed by atoms with van der Waals surface area (Å²) in [7, 11) is 0. The Labute approximate surface area is 114 Å². The minimum Gasteiger partial charge on any atom is -0.478 e. The fourth-order valence-electron chi connectivity index (χ4n) is 2.37. The van der Waals surface area contributed by atoms with Crippen LogP contribution >= 0.6 is 0 Å². The SMILES string of the molecule is Nc1ncnc2c1ncn2[C@H]1C=C[C@H](/C=C/C(=O)O)C1. The van der Waals surface area contributed by atoms with Crippen LogP contribution in [0.15, 0.2) is 37.0 Å². The molecule has 2 aromatic heterocycles. The first-order chi connectivity index (χ1) is 9.65. The van der Waals surface area contributed by atoms with Crippen molar-refractivity contribution in [3.63, 3.8) is 0 Å². The molecule has 0 spiro atoms. The van der Waals surface area contributed by atoms with Crippen LogP contribution in [0.3, 0.4) is 0 Å². The fourth-order valence-corrected chi connectivity index (χ4v) is 2.37. The van der Waals surface area contributed by atoms with Gasteiger partial charge in [0.2, 0.25) is 0 Å². The second-order valence-corrected chi connectivity index (χ2v) is 4.63. The second-order valence-electron chi connectivity index (χ2n) is 4.63. The van der Waals surface area contributed by atoms with Crippen molar-refractivity contribution in [3.8, 4) is 0 Å². The van der Waals surface area contributed by atoms with Crippen molar-refractivity contribution in [1.29, 1.82) is 0 Å². The Morgan fingerprint density at radius 1 is 1.40 bits per heavy atom. The van der Waals surface area contributed by atoms with E-state index in [-0.39, 0.29) is 12.0 Å². The van der Waals surface area contributed by atoms with Crippen molar-refractivity contribution in [2.75, 3.05) is 5.73 Å². The zero-order valence-corrected chi connectivity index (χ0v) is 10.5. The number of nitrogens with zero attached hydrogens (tertiary/aromatic N) is 4. The molecule has 2 aromatic rings. The van der Waals surface area contributed by atoms with Gasteiger partial charge in [0.15, 0.2) is 11.5 Å². The molecular weight excluding hydrogens is 258 g/mol. The highest BCUT2D eigenvalue weighted by molar-refractivity contribution is 5.81. The van der Waals surface area contributed by atoms with Crippen molar-refractivity contribution >= 4 is 23.0 Å². The number of carbonyl (C=O) groups is 1. The van der Waals surface area contributed by atoms with Crippen molar-refractivity contribution < 1.29 is 9.90 Å². The Morgan fingerprint density at radius 3 is 3.05 bits per heavy atom. The van der Waals surface area contributed by atoms with Crippen molar-refractivity contribution in [3.05, 3.63) is 37.0 Å². The number of carboxylic acids is 1. The zero-order chi connectivity index (χ0) is 14.1. The van der Waals surface area contributed by atoms with Gasteiger partial charge in [0, 0.05) is 6.08 Å². The Morgan fingerprint density at radius 2 is 2.25 bits per heavy atom. The van der Waals surface area contributed by atoms with Gasteiger partial charge in [0.05, 0.1) is 12.4 Å². The van der Waals surface area contributed by atoms with Gasteiger partial charge in [-0.25, -0.2) is 19.7 Å². The van der Waals surface area contributed by atoms with Gasteiger partial charge in [0.1, 0.15) is 11.8 Å². The number of nitrogens with two attached hydrogens (primary N) is 1. The van der Waals surface area contributed by atoms with E-state index < -0.39 is 5.97 Å². The minimum atomic E-state index is -0.935. The highest BCUT2D eigenvalue weighted by Gasteiger charge is 2.21. The van der Waals surface area contributed by atoms with Crippen molar-refractivity contribution in [1.82, 2.24) is 19.5 Å². The summed E-state index contributed by atoms with van der Waals surface area (Å²) in [5.41, 5.74) is 7.03. The Kier molecular flexibility index (Phi) is 2.94. The molecule has 3 rings (SSSR count).